The zero-order valence-corrected chi connectivity index (χ0v) is 14.5. The molecule has 0 amide bonds. The summed E-state index contributed by atoms with van der Waals surface area (Å²) < 4.78 is 24.8. The van der Waals surface area contributed by atoms with Crippen molar-refractivity contribution in [1.29, 1.82) is 0 Å². The lowest BCUT2D eigenvalue weighted by molar-refractivity contribution is 0.168. The van der Waals surface area contributed by atoms with E-state index in [1.807, 2.05) is 0 Å². The van der Waals surface area contributed by atoms with Crippen molar-refractivity contribution in [3.8, 4) is 0 Å². The van der Waals surface area contributed by atoms with Crippen molar-refractivity contribution in [3.63, 3.8) is 0 Å². The molecule has 0 N–H and O–H groups in total. The van der Waals surface area contributed by atoms with E-state index in [9.17, 15) is 8.42 Å². The van der Waals surface area contributed by atoms with Crippen LogP contribution < -0.4 is 0 Å². The van der Waals surface area contributed by atoms with Crippen LogP contribution in [0.25, 0.3) is 0 Å². The third-order valence-electron chi connectivity index (χ3n) is 4.29. The first-order valence-electron chi connectivity index (χ1n) is 7.55. The molecule has 1 saturated carbocycles. The standard InChI is InChI=1S/C16H24ClNO2S/c1-12(2)13(3)18(15-6-7-15)10-11-21(19,20)16-8-4-14(17)5-9-16/h4-5,8-9,12-13,15H,6-7,10-11H2,1-3H3/t13-/m0/s1. The topological polar surface area (TPSA) is 37.4 Å². The van der Waals surface area contributed by atoms with Gasteiger partial charge in [-0.2, -0.15) is 0 Å². The fraction of sp³-hybridized carbons (Fsp3) is 0.625. The van der Waals surface area contributed by atoms with Gasteiger partial charge < -0.3 is 0 Å². The minimum atomic E-state index is -3.24. The lowest BCUT2D eigenvalue weighted by Gasteiger charge is -2.31. The molecular formula is C16H24ClNO2S. The van der Waals surface area contributed by atoms with Crippen molar-refractivity contribution in [3.05, 3.63) is 29.3 Å². The summed E-state index contributed by atoms with van der Waals surface area (Å²) in [5.74, 6) is 0.700. The number of benzene rings is 1. The van der Waals surface area contributed by atoms with Crippen LogP contribution in [-0.2, 0) is 9.84 Å². The van der Waals surface area contributed by atoms with Crippen molar-refractivity contribution >= 4 is 21.4 Å². The molecule has 118 valence electrons. The molecule has 0 spiro atoms. The zero-order chi connectivity index (χ0) is 15.6. The third-order valence-corrected chi connectivity index (χ3v) is 6.26. The van der Waals surface area contributed by atoms with E-state index in [1.54, 1.807) is 24.3 Å². The van der Waals surface area contributed by atoms with E-state index in [0.29, 0.717) is 34.5 Å². The molecule has 3 nitrogen and oxygen atoms in total. The molecule has 0 radical (unpaired) electrons. The molecule has 1 aliphatic carbocycles. The van der Waals surface area contributed by atoms with Gasteiger partial charge in [0, 0.05) is 23.7 Å². The van der Waals surface area contributed by atoms with E-state index in [4.69, 9.17) is 11.6 Å². The second-order valence-corrected chi connectivity index (χ2v) is 8.77. The summed E-state index contributed by atoms with van der Waals surface area (Å²) in [6.07, 6.45) is 2.39. The van der Waals surface area contributed by atoms with E-state index >= 15 is 0 Å². The number of sulfone groups is 1. The van der Waals surface area contributed by atoms with Crippen LogP contribution in [0.1, 0.15) is 33.6 Å². The average molecular weight is 330 g/mol. The lowest BCUT2D eigenvalue weighted by Crippen LogP contribution is -2.41. The van der Waals surface area contributed by atoms with Gasteiger partial charge in [0.1, 0.15) is 0 Å². The molecule has 21 heavy (non-hydrogen) atoms. The molecule has 1 aliphatic rings. The van der Waals surface area contributed by atoms with Crippen LogP contribution in [0.2, 0.25) is 5.02 Å². The third kappa shape index (κ3) is 4.44. The predicted molar refractivity (Wildman–Crippen MR) is 87.5 cm³/mol. The van der Waals surface area contributed by atoms with Crippen LogP contribution >= 0.6 is 11.6 Å². The Morgan fingerprint density at radius 3 is 2.24 bits per heavy atom. The maximum Gasteiger partial charge on any atom is 0.179 e. The zero-order valence-electron chi connectivity index (χ0n) is 12.9. The van der Waals surface area contributed by atoms with E-state index in [0.717, 1.165) is 0 Å². The van der Waals surface area contributed by atoms with Crippen LogP contribution in [0, 0.1) is 5.92 Å². The maximum absolute atomic E-state index is 12.4. The minimum Gasteiger partial charge on any atom is -0.296 e. The molecule has 2 rings (SSSR count). The largest absolute Gasteiger partial charge is 0.296 e. The van der Waals surface area contributed by atoms with Gasteiger partial charge in [-0.05, 0) is 49.9 Å². The number of hydrogen-bond donors (Lipinski definition) is 0. The lowest BCUT2D eigenvalue weighted by atomic mass is 10.0. The second-order valence-electron chi connectivity index (χ2n) is 6.23. The van der Waals surface area contributed by atoms with Crippen LogP contribution in [0.3, 0.4) is 0 Å². The van der Waals surface area contributed by atoms with Crippen LogP contribution in [0.15, 0.2) is 29.2 Å². The quantitative estimate of drug-likeness (QED) is 0.766. The Labute approximate surface area is 133 Å². The maximum atomic E-state index is 12.4. The van der Waals surface area contributed by atoms with Gasteiger partial charge in [0.15, 0.2) is 9.84 Å². The molecule has 0 saturated heterocycles. The van der Waals surface area contributed by atoms with Gasteiger partial charge in [-0.3, -0.25) is 4.90 Å². The van der Waals surface area contributed by atoms with E-state index < -0.39 is 9.84 Å². The first kappa shape index (κ1) is 16.8. The highest BCUT2D eigenvalue weighted by Crippen LogP contribution is 2.30. The smallest absolute Gasteiger partial charge is 0.179 e. The van der Waals surface area contributed by atoms with E-state index in [-0.39, 0.29) is 5.75 Å². The summed E-state index contributed by atoms with van der Waals surface area (Å²) in [4.78, 5) is 2.72. The van der Waals surface area contributed by atoms with Gasteiger partial charge in [-0.15, -0.1) is 0 Å². The molecule has 0 aromatic heterocycles. The Balaban J connectivity index is 2.04. The molecule has 1 aromatic carbocycles. The molecule has 1 aromatic rings. The summed E-state index contributed by atoms with van der Waals surface area (Å²) in [5.41, 5.74) is 0. The fourth-order valence-corrected chi connectivity index (χ4v) is 3.86. The molecule has 0 bridgehead atoms. The first-order chi connectivity index (χ1) is 9.81. The summed E-state index contributed by atoms with van der Waals surface area (Å²) >= 11 is 5.81. The van der Waals surface area contributed by atoms with Crippen molar-refractivity contribution < 1.29 is 8.42 Å². The van der Waals surface area contributed by atoms with Gasteiger partial charge >= 0.3 is 0 Å². The van der Waals surface area contributed by atoms with Gasteiger partial charge in [-0.25, -0.2) is 8.42 Å². The van der Waals surface area contributed by atoms with Crippen molar-refractivity contribution in [2.45, 2.75) is 50.6 Å². The molecule has 1 atom stereocenters. The number of halogens is 1. The first-order valence-corrected chi connectivity index (χ1v) is 9.58. The second kappa shape index (κ2) is 6.67. The highest BCUT2D eigenvalue weighted by molar-refractivity contribution is 7.91. The van der Waals surface area contributed by atoms with E-state index in [1.165, 1.54) is 12.8 Å². The van der Waals surface area contributed by atoms with Gasteiger partial charge in [0.05, 0.1) is 10.6 Å². The molecule has 0 aliphatic heterocycles. The summed E-state index contributed by atoms with van der Waals surface area (Å²) in [7, 11) is -3.24. The summed E-state index contributed by atoms with van der Waals surface area (Å²) in [5, 5.41) is 0.557. The highest BCUT2D eigenvalue weighted by Gasteiger charge is 2.33. The normalized spacial score (nSPS) is 17.4. The van der Waals surface area contributed by atoms with Crippen molar-refractivity contribution in [1.82, 2.24) is 4.90 Å². The number of hydrogen-bond acceptors (Lipinski definition) is 3. The minimum absolute atomic E-state index is 0.169. The molecule has 5 heteroatoms. The monoisotopic (exact) mass is 329 g/mol. The van der Waals surface area contributed by atoms with Gasteiger partial charge in [-0.1, -0.05) is 25.4 Å². The number of nitrogens with zero attached hydrogens (tertiary/aromatic N) is 1. The molecule has 0 heterocycles. The van der Waals surface area contributed by atoms with Crippen LogP contribution in [-0.4, -0.2) is 37.7 Å². The van der Waals surface area contributed by atoms with Gasteiger partial charge in [0.2, 0.25) is 0 Å². The molecule has 0 unspecified atom stereocenters. The Kier molecular flexibility index (Phi) is 5.33. The van der Waals surface area contributed by atoms with Crippen LogP contribution in [0.5, 0.6) is 0 Å². The fourth-order valence-electron chi connectivity index (χ4n) is 2.49. The average Bonchev–Trinajstić information content (AvgIpc) is 3.23. The Hall–Kier alpha value is -0.580. The number of rotatable bonds is 7. The molecule has 1 fully saturated rings. The highest BCUT2D eigenvalue weighted by atomic mass is 35.5. The Morgan fingerprint density at radius 2 is 1.76 bits per heavy atom. The van der Waals surface area contributed by atoms with Crippen LogP contribution in [0.4, 0.5) is 0 Å². The van der Waals surface area contributed by atoms with Crippen molar-refractivity contribution in [2.75, 3.05) is 12.3 Å². The summed E-state index contributed by atoms with van der Waals surface area (Å²) in [6.45, 7) is 7.17. The summed E-state index contributed by atoms with van der Waals surface area (Å²) in [6, 6.07) is 7.42. The molecular weight excluding hydrogens is 306 g/mol. The van der Waals surface area contributed by atoms with E-state index in [2.05, 4.69) is 25.7 Å². The van der Waals surface area contributed by atoms with Crippen molar-refractivity contribution in [2.24, 2.45) is 5.92 Å². The van der Waals surface area contributed by atoms with Gasteiger partial charge in [0.25, 0.3) is 0 Å². The Bertz CT molecular complexity index is 564. The SMILES string of the molecule is CC(C)[C@H](C)N(CCS(=O)(=O)c1ccc(Cl)cc1)C1CC1. The predicted octanol–water partition coefficient (Wildman–Crippen LogP) is 3.62. The Morgan fingerprint density at radius 1 is 1.19 bits per heavy atom.